The first-order chi connectivity index (χ1) is 9.60. The highest BCUT2D eigenvalue weighted by Crippen LogP contribution is 2.14. The van der Waals surface area contributed by atoms with Gasteiger partial charge in [-0.3, -0.25) is 9.11 Å². The van der Waals surface area contributed by atoms with E-state index in [-0.39, 0.29) is 11.7 Å². The number of likely N-dealkylation sites (N-methyl/N-ethyl adjacent to an activating group) is 1. The lowest BCUT2D eigenvalue weighted by Gasteiger charge is -2.31. The first-order valence-electron chi connectivity index (χ1n) is 6.66. The smallest absolute Gasteiger partial charge is 0.335 e. The number of morpholine rings is 1. The third-order valence-corrected chi connectivity index (χ3v) is 4.81. The number of carboxylic acid groups (broad SMARTS) is 1. The third-order valence-electron chi connectivity index (χ3n) is 3.35. The van der Waals surface area contributed by atoms with E-state index in [4.69, 9.17) is 9.84 Å². The van der Waals surface area contributed by atoms with E-state index in [1.54, 1.807) is 12.1 Å². The molecular weight excluding hydrogens is 278 g/mol. The van der Waals surface area contributed by atoms with Crippen LogP contribution in [0.2, 0.25) is 0 Å². The maximum absolute atomic E-state index is 12.3. The summed E-state index contributed by atoms with van der Waals surface area (Å²) in [7, 11) is -1.24. The van der Waals surface area contributed by atoms with Gasteiger partial charge in [0.05, 0.1) is 34.8 Å². The van der Waals surface area contributed by atoms with Crippen molar-refractivity contribution in [3.05, 3.63) is 29.8 Å². The molecule has 0 spiro atoms. The van der Waals surface area contributed by atoms with Crippen LogP contribution in [0, 0.1) is 0 Å². The van der Waals surface area contributed by atoms with Gasteiger partial charge in [-0.25, -0.2) is 4.79 Å². The van der Waals surface area contributed by atoms with Crippen LogP contribution in [0.5, 0.6) is 0 Å². The summed E-state index contributed by atoms with van der Waals surface area (Å²) >= 11 is 0. The second kappa shape index (κ2) is 6.97. The van der Waals surface area contributed by atoms with Crippen LogP contribution < -0.4 is 0 Å². The molecule has 110 valence electrons. The minimum Gasteiger partial charge on any atom is -0.478 e. The molecule has 1 aromatic carbocycles. The Bertz CT molecular complexity index is 506. The quantitative estimate of drug-likeness (QED) is 0.885. The number of nitrogens with zero attached hydrogens (tertiary/aromatic N) is 1. The lowest BCUT2D eigenvalue weighted by atomic mass is 10.2. The molecule has 20 heavy (non-hydrogen) atoms. The minimum atomic E-state index is -1.24. The largest absolute Gasteiger partial charge is 0.478 e. The third kappa shape index (κ3) is 3.88. The Labute approximate surface area is 121 Å². The fraction of sp³-hybridized carbons (Fsp3) is 0.500. The summed E-state index contributed by atoms with van der Waals surface area (Å²) < 4.78 is 17.9. The summed E-state index contributed by atoms with van der Waals surface area (Å²) in [5.41, 5.74) is 0.163. The number of hydrogen-bond acceptors (Lipinski definition) is 4. The zero-order valence-corrected chi connectivity index (χ0v) is 12.3. The van der Waals surface area contributed by atoms with Crippen LogP contribution in [-0.4, -0.2) is 58.3 Å². The monoisotopic (exact) mass is 297 g/mol. The van der Waals surface area contributed by atoms with Gasteiger partial charge in [-0.05, 0) is 24.7 Å². The zero-order chi connectivity index (χ0) is 14.5. The van der Waals surface area contributed by atoms with Crippen LogP contribution in [0.25, 0.3) is 0 Å². The van der Waals surface area contributed by atoms with Crippen molar-refractivity contribution in [3.8, 4) is 0 Å². The number of carboxylic acids is 1. The van der Waals surface area contributed by atoms with Crippen molar-refractivity contribution in [2.75, 3.05) is 32.0 Å². The van der Waals surface area contributed by atoms with E-state index in [2.05, 4.69) is 11.8 Å². The summed E-state index contributed by atoms with van der Waals surface area (Å²) in [6.45, 7) is 5.40. The second-order valence-corrected chi connectivity index (χ2v) is 6.23. The van der Waals surface area contributed by atoms with Gasteiger partial charge < -0.3 is 9.84 Å². The summed E-state index contributed by atoms with van der Waals surface area (Å²) in [4.78, 5) is 13.7. The van der Waals surface area contributed by atoms with Crippen molar-refractivity contribution in [1.29, 1.82) is 0 Å². The molecule has 0 amide bonds. The first-order valence-corrected chi connectivity index (χ1v) is 7.97. The Hall–Kier alpha value is -1.24. The highest BCUT2D eigenvalue weighted by atomic mass is 32.2. The molecule has 2 unspecified atom stereocenters. The zero-order valence-electron chi connectivity index (χ0n) is 11.4. The van der Waals surface area contributed by atoms with Gasteiger partial charge in [0.25, 0.3) is 0 Å². The van der Waals surface area contributed by atoms with Crippen LogP contribution in [0.3, 0.4) is 0 Å². The fourth-order valence-electron chi connectivity index (χ4n) is 2.20. The van der Waals surface area contributed by atoms with E-state index in [9.17, 15) is 9.00 Å². The van der Waals surface area contributed by atoms with Gasteiger partial charge in [-0.15, -0.1) is 0 Å². The normalized spacial score (nSPS) is 21.6. The van der Waals surface area contributed by atoms with E-state index in [1.165, 1.54) is 12.1 Å². The molecule has 0 aliphatic carbocycles. The maximum atomic E-state index is 12.3. The predicted octanol–water partition coefficient (Wildman–Crippen LogP) is 1.21. The van der Waals surface area contributed by atoms with E-state index in [0.29, 0.717) is 17.3 Å². The first kappa shape index (κ1) is 15.2. The number of aromatic carboxylic acids is 1. The Balaban J connectivity index is 2.01. The summed E-state index contributed by atoms with van der Waals surface area (Å²) in [6, 6.07) is 6.29. The lowest BCUT2D eigenvalue weighted by molar-refractivity contribution is -0.0141. The van der Waals surface area contributed by atoms with Crippen molar-refractivity contribution in [2.24, 2.45) is 0 Å². The topological polar surface area (TPSA) is 66.8 Å². The standard InChI is InChI=1S/C14H19NO4S/c1-2-15-6-7-19-12(9-15)10-20(18)13-5-3-4-11(8-13)14(16)17/h3-5,8,12H,2,6-7,9-10H2,1H3,(H,16,17). The van der Waals surface area contributed by atoms with Gasteiger partial charge in [0.15, 0.2) is 0 Å². The molecule has 6 heteroatoms. The van der Waals surface area contributed by atoms with Gasteiger partial charge in [0, 0.05) is 18.0 Å². The lowest BCUT2D eigenvalue weighted by Crippen LogP contribution is -2.44. The highest BCUT2D eigenvalue weighted by Gasteiger charge is 2.22. The molecule has 1 fully saturated rings. The molecule has 2 rings (SSSR count). The predicted molar refractivity (Wildman–Crippen MR) is 76.5 cm³/mol. The Morgan fingerprint density at radius 2 is 2.35 bits per heavy atom. The molecule has 5 nitrogen and oxygen atoms in total. The molecule has 0 bridgehead atoms. The number of hydrogen-bond donors (Lipinski definition) is 1. The van der Waals surface area contributed by atoms with E-state index in [0.717, 1.165) is 19.6 Å². The second-order valence-electron chi connectivity index (χ2n) is 4.73. The summed E-state index contributed by atoms with van der Waals surface area (Å²) in [5.74, 6) is -0.602. The molecular formula is C14H19NO4S. The van der Waals surface area contributed by atoms with Gasteiger partial charge in [-0.2, -0.15) is 0 Å². The van der Waals surface area contributed by atoms with Gasteiger partial charge in [0.2, 0.25) is 0 Å². The highest BCUT2D eigenvalue weighted by molar-refractivity contribution is 7.85. The van der Waals surface area contributed by atoms with Crippen molar-refractivity contribution in [2.45, 2.75) is 17.9 Å². The average molecular weight is 297 g/mol. The van der Waals surface area contributed by atoms with Crippen molar-refractivity contribution in [3.63, 3.8) is 0 Å². The average Bonchev–Trinajstić information content (AvgIpc) is 2.47. The molecule has 0 aromatic heterocycles. The molecule has 1 saturated heterocycles. The Kier molecular flexibility index (Phi) is 5.28. The number of benzene rings is 1. The minimum absolute atomic E-state index is 0.0574. The summed E-state index contributed by atoms with van der Waals surface area (Å²) in [6.07, 6.45) is -0.0574. The Morgan fingerprint density at radius 1 is 1.55 bits per heavy atom. The molecule has 2 atom stereocenters. The van der Waals surface area contributed by atoms with Gasteiger partial charge in [0.1, 0.15) is 0 Å². The van der Waals surface area contributed by atoms with E-state index in [1.807, 2.05) is 0 Å². The van der Waals surface area contributed by atoms with E-state index >= 15 is 0 Å². The molecule has 1 aromatic rings. The molecule has 0 saturated carbocycles. The summed E-state index contributed by atoms with van der Waals surface area (Å²) in [5, 5.41) is 8.95. The van der Waals surface area contributed by atoms with Crippen LogP contribution in [0.15, 0.2) is 29.2 Å². The van der Waals surface area contributed by atoms with Gasteiger partial charge >= 0.3 is 5.97 Å². The van der Waals surface area contributed by atoms with Crippen LogP contribution in [-0.2, 0) is 15.5 Å². The Morgan fingerprint density at radius 3 is 3.05 bits per heavy atom. The molecule has 1 aliphatic heterocycles. The molecule has 1 N–H and O–H groups in total. The number of carbonyl (C=O) groups is 1. The van der Waals surface area contributed by atoms with Crippen LogP contribution >= 0.6 is 0 Å². The molecule has 0 radical (unpaired) electrons. The molecule has 1 aliphatic rings. The molecule has 1 heterocycles. The van der Waals surface area contributed by atoms with Gasteiger partial charge in [-0.1, -0.05) is 13.0 Å². The van der Waals surface area contributed by atoms with Crippen LogP contribution in [0.1, 0.15) is 17.3 Å². The SMILES string of the molecule is CCN1CCOC(CS(=O)c2cccc(C(=O)O)c2)C1. The van der Waals surface area contributed by atoms with Crippen molar-refractivity contribution in [1.82, 2.24) is 4.90 Å². The van der Waals surface area contributed by atoms with Crippen LogP contribution in [0.4, 0.5) is 0 Å². The van der Waals surface area contributed by atoms with Crippen molar-refractivity contribution >= 4 is 16.8 Å². The fourth-order valence-corrected chi connectivity index (χ4v) is 3.42. The maximum Gasteiger partial charge on any atom is 0.335 e. The number of ether oxygens (including phenoxy) is 1. The van der Waals surface area contributed by atoms with E-state index < -0.39 is 16.8 Å². The number of rotatable bonds is 5. The van der Waals surface area contributed by atoms with Crippen molar-refractivity contribution < 1.29 is 18.8 Å².